The second-order valence-corrected chi connectivity index (χ2v) is 4.93. The maximum atomic E-state index is 11.3. The fraction of sp³-hybridized carbons (Fsp3) is 0.533. The molecule has 106 valence electrons. The van der Waals surface area contributed by atoms with Gasteiger partial charge < -0.3 is 15.4 Å². The molecule has 0 atom stereocenters. The molecule has 0 aliphatic rings. The maximum absolute atomic E-state index is 11.3. The summed E-state index contributed by atoms with van der Waals surface area (Å²) in [5, 5.41) is 6.18. The lowest BCUT2D eigenvalue weighted by molar-refractivity contribution is -0.123. The van der Waals surface area contributed by atoms with Crippen LogP contribution in [0.4, 0.5) is 0 Å². The zero-order chi connectivity index (χ0) is 14.3. The molecule has 1 rings (SSSR count). The molecule has 0 fully saturated rings. The SMILES string of the molecule is COc1ccc(CNCCNC(=O)C(C)C)cc1C. The molecule has 1 aromatic rings. The first kappa shape index (κ1) is 15.5. The topological polar surface area (TPSA) is 50.4 Å². The van der Waals surface area contributed by atoms with Gasteiger partial charge in [0.15, 0.2) is 0 Å². The van der Waals surface area contributed by atoms with Gasteiger partial charge >= 0.3 is 0 Å². The molecule has 19 heavy (non-hydrogen) atoms. The van der Waals surface area contributed by atoms with Crippen molar-refractivity contribution < 1.29 is 9.53 Å². The highest BCUT2D eigenvalue weighted by Crippen LogP contribution is 2.18. The second-order valence-electron chi connectivity index (χ2n) is 4.93. The second kappa shape index (κ2) is 7.79. The van der Waals surface area contributed by atoms with Gasteiger partial charge in [-0.3, -0.25) is 4.79 Å². The number of ether oxygens (including phenoxy) is 1. The normalized spacial score (nSPS) is 10.6. The summed E-state index contributed by atoms with van der Waals surface area (Å²) in [7, 11) is 1.68. The van der Waals surface area contributed by atoms with E-state index in [-0.39, 0.29) is 11.8 Å². The first-order chi connectivity index (χ1) is 9.04. The van der Waals surface area contributed by atoms with Crippen LogP contribution in [-0.2, 0) is 11.3 Å². The standard InChI is InChI=1S/C15H24N2O2/c1-11(2)15(18)17-8-7-16-10-13-5-6-14(19-4)12(3)9-13/h5-6,9,11,16H,7-8,10H2,1-4H3,(H,17,18). The van der Waals surface area contributed by atoms with Crippen molar-refractivity contribution in [2.24, 2.45) is 5.92 Å². The van der Waals surface area contributed by atoms with Gasteiger partial charge in [-0.25, -0.2) is 0 Å². The van der Waals surface area contributed by atoms with Crippen LogP contribution in [0.25, 0.3) is 0 Å². The summed E-state index contributed by atoms with van der Waals surface area (Å²) in [6.45, 7) is 8.04. The van der Waals surface area contributed by atoms with E-state index in [1.807, 2.05) is 32.9 Å². The molecule has 1 amide bonds. The number of carbonyl (C=O) groups excluding carboxylic acids is 1. The zero-order valence-corrected chi connectivity index (χ0v) is 12.2. The fourth-order valence-corrected chi connectivity index (χ4v) is 1.76. The highest BCUT2D eigenvalue weighted by molar-refractivity contribution is 5.77. The van der Waals surface area contributed by atoms with Crippen LogP contribution in [0.1, 0.15) is 25.0 Å². The number of methoxy groups -OCH3 is 1. The van der Waals surface area contributed by atoms with Crippen LogP contribution in [0.3, 0.4) is 0 Å². The van der Waals surface area contributed by atoms with Crippen molar-refractivity contribution in [3.8, 4) is 5.75 Å². The average Bonchev–Trinajstić information content (AvgIpc) is 2.38. The van der Waals surface area contributed by atoms with Gasteiger partial charge in [0.25, 0.3) is 0 Å². The van der Waals surface area contributed by atoms with Crippen molar-refractivity contribution in [3.63, 3.8) is 0 Å². The summed E-state index contributed by atoms with van der Waals surface area (Å²) in [5.41, 5.74) is 2.35. The number of carbonyl (C=O) groups is 1. The van der Waals surface area contributed by atoms with Crippen LogP contribution in [0, 0.1) is 12.8 Å². The summed E-state index contributed by atoms with van der Waals surface area (Å²) >= 11 is 0. The molecule has 0 radical (unpaired) electrons. The van der Waals surface area contributed by atoms with Crippen LogP contribution in [-0.4, -0.2) is 26.1 Å². The number of nitrogens with one attached hydrogen (secondary N) is 2. The average molecular weight is 264 g/mol. The largest absolute Gasteiger partial charge is 0.496 e. The van der Waals surface area contributed by atoms with E-state index in [1.54, 1.807) is 7.11 Å². The van der Waals surface area contributed by atoms with E-state index in [1.165, 1.54) is 5.56 Å². The van der Waals surface area contributed by atoms with E-state index in [0.29, 0.717) is 6.54 Å². The number of benzene rings is 1. The van der Waals surface area contributed by atoms with Crippen molar-refractivity contribution in [1.82, 2.24) is 10.6 Å². The Morgan fingerprint density at radius 1 is 1.32 bits per heavy atom. The minimum atomic E-state index is 0.0456. The Hall–Kier alpha value is -1.55. The Morgan fingerprint density at radius 3 is 2.63 bits per heavy atom. The van der Waals surface area contributed by atoms with Gasteiger partial charge in [-0.05, 0) is 24.1 Å². The predicted molar refractivity (Wildman–Crippen MR) is 77.3 cm³/mol. The molecule has 4 heteroatoms. The Balaban J connectivity index is 2.26. The van der Waals surface area contributed by atoms with Crippen LogP contribution >= 0.6 is 0 Å². The molecular weight excluding hydrogens is 240 g/mol. The van der Waals surface area contributed by atoms with E-state index >= 15 is 0 Å². The molecule has 0 unspecified atom stereocenters. The van der Waals surface area contributed by atoms with Crippen molar-refractivity contribution in [1.29, 1.82) is 0 Å². The summed E-state index contributed by atoms with van der Waals surface area (Å²) in [5.74, 6) is 1.05. The highest BCUT2D eigenvalue weighted by Gasteiger charge is 2.04. The quantitative estimate of drug-likeness (QED) is 0.739. The minimum Gasteiger partial charge on any atom is -0.496 e. The molecule has 0 aliphatic carbocycles. The molecular formula is C15H24N2O2. The Morgan fingerprint density at radius 2 is 2.05 bits per heavy atom. The van der Waals surface area contributed by atoms with E-state index in [4.69, 9.17) is 4.74 Å². The van der Waals surface area contributed by atoms with Gasteiger partial charge in [0.1, 0.15) is 5.75 Å². The molecule has 0 spiro atoms. The van der Waals surface area contributed by atoms with Crippen LogP contribution in [0.2, 0.25) is 0 Å². The molecule has 0 bridgehead atoms. The third kappa shape index (κ3) is 5.30. The molecule has 4 nitrogen and oxygen atoms in total. The number of aryl methyl sites for hydroxylation is 1. The zero-order valence-electron chi connectivity index (χ0n) is 12.2. The predicted octanol–water partition coefficient (Wildman–Crippen LogP) is 1.87. The van der Waals surface area contributed by atoms with E-state index in [0.717, 1.165) is 24.4 Å². The Labute approximate surface area is 115 Å². The van der Waals surface area contributed by atoms with Gasteiger partial charge in [0.05, 0.1) is 7.11 Å². The smallest absolute Gasteiger partial charge is 0.222 e. The number of amides is 1. The van der Waals surface area contributed by atoms with Crippen molar-refractivity contribution >= 4 is 5.91 Å². The van der Waals surface area contributed by atoms with Crippen LogP contribution in [0.15, 0.2) is 18.2 Å². The first-order valence-corrected chi connectivity index (χ1v) is 6.66. The first-order valence-electron chi connectivity index (χ1n) is 6.66. The third-order valence-electron chi connectivity index (χ3n) is 2.91. The fourth-order valence-electron chi connectivity index (χ4n) is 1.76. The molecule has 2 N–H and O–H groups in total. The van der Waals surface area contributed by atoms with Crippen molar-refractivity contribution in [2.45, 2.75) is 27.3 Å². The van der Waals surface area contributed by atoms with Gasteiger partial charge in [-0.15, -0.1) is 0 Å². The van der Waals surface area contributed by atoms with E-state index < -0.39 is 0 Å². The number of hydrogen-bond acceptors (Lipinski definition) is 3. The molecule has 0 saturated carbocycles. The van der Waals surface area contributed by atoms with Crippen molar-refractivity contribution in [2.75, 3.05) is 20.2 Å². The summed E-state index contributed by atoms with van der Waals surface area (Å²) in [4.78, 5) is 11.3. The lowest BCUT2D eigenvalue weighted by Gasteiger charge is -2.10. The number of rotatable bonds is 7. The molecule has 0 aromatic heterocycles. The van der Waals surface area contributed by atoms with Crippen molar-refractivity contribution in [3.05, 3.63) is 29.3 Å². The lowest BCUT2D eigenvalue weighted by Crippen LogP contribution is -2.34. The van der Waals surface area contributed by atoms with E-state index in [9.17, 15) is 4.79 Å². The molecule has 0 heterocycles. The molecule has 1 aromatic carbocycles. The van der Waals surface area contributed by atoms with Gasteiger partial charge in [0, 0.05) is 25.6 Å². The monoisotopic (exact) mass is 264 g/mol. The van der Waals surface area contributed by atoms with Gasteiger partial charge in [-0.2, -0.15) is 0 Å². The maximum Gasteiger partial charge on any atom is 0.222 e. The molecule has 0 saturated heterocycles. The Kier molecular flexibility index (Phi) is 6.36. The van der Waals surface area contributed by atoms with Gasteiger partial charge in [-0.1, -0.05) is 26.0 Å². The Bertz CT molecular complexity index is 417. The summed E-state index contributed by atoms with van der Waals surface area (Å²) < 4.78 is 5.22. The van der Waals surface area contributed by atoms with Crippen LogP contribution < -0.4 is 15.4 Å². The third-order valence-corrected chi connectivity index (χ3v) is 2.91. The summed E-state index contributed by atoms with van der Waals surface area (Å²) in [6, 6.07) is 6.14. The van der Waals surface area contributed by atoms with Crippen LogP contribution in [0.5, 0.6) is 5.75 Å². The number of hydrogen-bond donors (Lipinski definition) is 2. The lowest BCUT2D eigenvalue weighted by atomic mass is 10.1. The highest BCUT2D eigenvalue weighted by atomic mass is 16.5. The minimum absolute atomic E-state index is 0.0456. The summed E-state index contributed by atoms with van der Waals surface area (Å²) in [6.07, 6.45) is 0. The van der Waals surface area contributed by atoms with Gasteiger partial charge in [0.2, 0.25) is 5.91 Å². The van der Waals surface area contributed by atoms with E-state index in [2.05, 4.69) is 16.7 Å². The molecule has 0 aliphatic heterocycles.